The monoisotopic (exact) mass is 1340 g/mol. The van der Waals surface area contributed by atoms with E-state index in [-0.39, 0.29) is 18.9 Å². The number of hydrogen-bond acceptors (Lipinski definition) is 13. The van der Waals surface area contributed by atoms with Crippen molar-refractivity contribution in [2.45, 2.75) is 402 Å². The Bertz CT molecular complexity index is 1920. The van der Waals surface area contributed by atoms with Gasteiger partial charge in [-0.15, -0.1) is 0 Å². The van der Waals surface area contributed by atoms with Crippen molar-refractivity contribution >= 4 is 5.91 Å². The van der Waals surface area contributed by atoms with Crippen molar-refractivity contribution in [1.82, 2.24) is 5.32 Å². The van der Waals surface area contributed by atoms with E-state index in [0.717, 1.165) is 64.2 Å². The molecule has 0 radical (unpaired) electrons. The molecule has 14 heteroatoms. The first kappa shape index (κ1) is 88.3. The van der Waals surface area contributed by atoms with Crippen molar-refractivity contribution in [3.8, 4) is 0 Å². The lowest BCUT2D eigenvalue weighted by Crippen LogP contribution is -2.65. The van der Waals surface area contributed by atoms with Gasteiger partial charge in [0.25, 0.3) is 0 Å². The summed E-state index contributed by atoms with van der Waals surface area (Å²) < 4.78 is 22.9. The van der Waals surface area contributed by atoms with E-state index in [4.69, 9.17) is 18.9 Å². The molecule has 2 saturated heterocycles. The average Bonchev–Trinajstić information content (AvgIpc) is 0.801. The Labute approximate surface area is 580 Å². The normalized spacial score (nSPS) is 22.8. The summed E-state index contributed by atoms with van der Waals surface area (Å²) in [5.74, 6) is -0.246. The molecule has 0 aliphatic carbocycles. The van der Waals surface area contributed by atoms with E-state index in [2.05, 4.69) is 92.1 Å². The number of unbranched alkanes of at least 4 members (excludes halogenated alkanes) is 40. The van der Waals surface area contributed by atoms with Crippen molar-refractivity contribution in [3.63, 3.8) is 0 Å². The molecule has 12 unspecified atom stereocenters. The molecule has 0 bridgehead atoms. The summed E-state index contributed by atoms with van der Waals surface area (Å²) in [6, 6.07) is -0.937. The van der Waals surface area contributed by atoms with Gasteiger partial charge in [0.05, 0.1) is 32.0 Å². The van der Waals surface area contributed by atoms with Gasteiger partial charge in [-0.1, -0.05) is 330 Å². The van der Waals surface area contributed by atoms with E-state index >= 15 is 0 Å². The maximum Gasteiger partial charge on any atom is 0.220 e. The van der Waals surface area contributed by atoms with Crippen LogP contribution in [-0.4, -0.2) is 140 Å². The minimum atomic E-state index is -1.79. The van der Waals surface area contributed by atoms with Crippen LogP contribution in [0.5, 0.6) is 0 Å². The number of carbonyl (C=O) groups excluding carboxylic acids is 1. The smallest absolute Gasteiger partial charge is 0.220 e. The van der Waals surface area contributed by atoms with Crippen molar-refractivity contribution < 1.29 is 64.6 Å². The summed E-state index contributed by atoms with van der Waals surface area (Å²) in [5, 5.41) is 87.6. The Morgan fingerprint density at radius 3 is 1.16 bits per heavy atom. The van der Waals surface area contributed by atoms with E-state index < -0.39 is 86.8 Å². The third-order valence-electron chi connectivity index (χ3n) is 18.8. The van der Waals surface area contributed by atoms with Crippen molar-refractivity contribution in [3.05, 3.63) is 85.1 Å². The van der Waals surface area contributed by atoms with Crippen molar-refractivity contribution in [1.29, 1.82) is 0 Å². The zero-order valence-corrected chi connectivity index (χ0v) is 60.4. The molecule has 0 spiro atoms. The highest BCUT2D eigenvalue weighted by molar-refractivity contribution is 5.76. The van der Waals surface area contributed by atoms with Gasteiger partial charge in [0.2, 0.25) is 5.91 Å². The summed E-state index contributed by atoms with van der Waals surface area (Å²) in [6.07, 6.45) is 73.7. The van der Waals surface area contributed by atoms with Crippen LogP contribution in [-0.2, 0) is 23.7 Å². The summed E-state index contributed by atoms with van der Waals surface area (Å²) in [6.45, 7) is 2.71. The first-order valence-electron chi connectivity index (χ1n) is 39.3. The van der Waals surface area contributed by atoms with Crippen LogP contribution < -0.4 is 5.32 Å². The van der Waals surface area contributed by atoms with Crippen LogP contribution in [0.1, 0.15) is 328 Å². The summed E-state index contributed by atoms with van der Waals surface area (Å²) >= 11 is 0. The molecule has 0 aromatic heterocycles. The molecule has 0 saturated carbocycles. The van der Waals surface area contributed by atoms with E-state index in [9.17, 15) is 45.6 Å². The SMILES string of the molecule is CC/C=C\C/C=C\C/C=C\C/C=C\C/C=C\CCCCCCCCCCCCCCCCCCCC(=O)NC(COC1OC(CO)C(OC2OC(CO)C(O)C(O)C2O)C(O)C1O)C(O)/C=C/CC/C=C/CCCCCCCCCCCCCCCCCCCCCCCC. The molecule has 2 fully saturated rings. The zero-order valence-electron chi connectivity index (χ0n) is 60.4. The van der Waals surface area contributed by atoms with Crippen molar-refractivity contribution in [2.75, 3.05) is 19.8 Å². The molecule has 12 atom stereocenters. The van der Waals surface area contributed by atoms with Crippen LogP contribution in [0.4, 0.5) is 0 Å². The van der Waals surface area contributed by atoms with Crippen LogP contribution in [0, 0.1) is 0 Å². The summed E-state index contributed by atoms with van der Waals surface area (Å²) in [4.78, 5) is 13.4. The zero-order chi connectivity index (χ0) is 68.7. The molecule has 2 aliphatic rings. The second-order valence-corrected chi connectivity index (χ2v) is 27.4. The van der Waals surface area contributed by atoms with E-state index in [0.29, 0.717) is 12.8 Å². The van der Waals surface area contributed by atoms with Gasteiger partial charge in [-0.3, -0.25) is 4.79 Å². The molecule has 2 rings (SSSR count). The molecular formula is C81H145NO13. The number of amides is 1. The molecule has 0 aromatic carbocycles. The number of nitrogens with one attached hydrogen (secondary N) is 1. The average molecular weight is 1340 g/mol. The summed E-state index contributed by atoms with van der Waals surface area (Å²) in [5.41, 5.74) is 0. The second-order valence-electron chi connectivity index (χ2n) is 27.4. The van der Waals surface area contributed by atoms with E-state index in [1.54, 1.807) is 6.08 Å². The quantitative estimate of drug-likeness (QED) is 0.0204. The highest BCUT2D eigenvalue weighted by Crippen LogP contribution is 2.30. The van der Waals surface area contributed by atoms with Gasteiger partial charge >= 0.3 is 0 Å². The number of hydrogen-bond donors (Lipinski definition) is 9. The Morgan fingerprint density at radius 2 is 0.737 bits per heavy atom. The number of ether oxygens (including phenoxy) is 4. The predicted molar refractivity (Wildman–Crippen MR) is 392 cm³/mol. The molecule has 95 heavy (non-hydrogen) atoms. The van der Waals surface area contributed by atoms with E-state index in [1.165, 1.54) is 231 Å². The first-order valence-corrected chi connectivity index (χ1v) is 39.3. The second kappa shape index (κ2) is 64.5. The maximum atomic E-state index is 13.4. The molecule has 14 nitrogen and oxygen atoms in total. The van der Waals surface area contributed by atoms with Gasteiger partial charge in [-0.2, -0.15) is 0 Å². The predicted octanol–water partition coefficient (Wildman–Crippen LogP) is 17.5. The van der Waals surface area contributed by atoms with Gasteiger partial charge in [0, 0.05) is 6.42 Å². The molecular weight excluding hydrogens is 1190 g/mol. The number of rotatable bonds is 65. The van der Waals surface area contributed by atoms with Gasteiger partial charge in [-0.25, -0.2) is 0 Å². The summed E-state index contributed by atoms with van der Waals surface area (Å²) in [7, 11) is 0. The van der Waals surface area contributed by atoms with Crippen LogP contribution in [0.3, 0.4) is 0 Å². The lowest BCUT2D eigenvalue weighted by molar-refractivity contribution is -0.359. The highest BCUT2D eigenvalue weighted by Gasteiger charge is 2.51. The molecule has 552 valence electrons. The van der Waals surface area contributed by atoms with Crippen molar-refractivity contribution in [2.24, 2.45) is 0 Å². The third kappa shape index (κ3) is 47.8. The topological polar surface area (TPSA) is 228 Å². The first-order chi connectivity index (χ1) is 46.6. The van der Waals surface area contributed by atoms with Crippen LogP contribution in [0.25, 0.3) is 0 Å². The fraction of sp³-hybridized carbons (Fsp3) is 0.815. The Kier molecular flexibility index (Phi) is 60.0. The minimum absolute atomic E-state index is 0.246. The van der Waals surface area contributed by atoms with Gasteiger partial charge in [-0.05, 0) is 77.0 Å². The number of aliphatic hydroxyl groups excluding tert-OH is 8. The van der Waals surface area contributed by atoms with Crippen LogP contribution >= 0.6 is 0 Å². The largest absolute Gasteiger partial charge is 0.394 e. The molecule has 9 N–H and O–H groups in total. The Hall–Kier alpha value is -2.83. The number of aliphatic hydroxyl groups is 8. The molecule has 2 heterocycles. The molecule has 2 aliphatic heterocycles. The van der Waals surface area contributed by atoms with Gasteiger partial charge in [0.1, 0.15) is 48.8 Å². The van der Waals surface area contributed by atoms with Crippen LogP contribution in [0.2, 0.25) is 0 Å². The standard InChI is InChI=1S/C81H145NO13/c1-3-5-7-9-11-13-15-17-19-21-23-25-27-29-31-33-34-35-36-37-39-41-43-45-47-49-51-53-55-57-59-61-63-65-73(86)82-69(68-92-80-78(91)76(89)79(72(67-84)94-80)95-81-77(90)75(88)74(87)71(66-83)93-81)70(85)64-62-60-58-56-54-52-50-48-46-44-42-40-38-32-30-28-26-24-22-20-18-16-14-12-10-8-6-4-2/h5,7,11,13,17,19,23,25,29,31,54,56,62,64,69-72,74-81,83-85,87-91H,3-4,6,8-10,12,14-16,18,20-22,24,26-28,30,32-53,55,57-61,63,65-68H2,1-2H3,(H,82,86)/b7-5-,13-11-,19-17-,25-23-,31-29-,56-54+,64-62+. The Balaban J connectivity index is 1.64. The van der Waals surface area contributed by atoms with Crippen LogP contribution in [0.15, 0.2) is 85.1 Å². The molecule has 0 aromatic rings. The lowest BCUT2D eigenvalue weighted by atomic mass is 9.97. The fourth-order valence-electron chi connectivity index (χ4n) is 12.6. The highest BCUT2D eigenvalue weighted by atomic mass is 16.7. The fourth-order valence-corrected chi connectivity index (χ4v) is 12.6. The minimum Gasteiger partial charge on any atom is -0.394 e. The number of carbonyl (C=O) groups is 1. The third-order valence-corrected chi connectivity index (χ3v) is 18.8. The van der Waals surface area contributed by atoms with Gasteiger partial charge < -0.3 is 65.1 Å². The van der Waals surface area contributed by atoms with E-state index in [1.807, 2.05) is 6.08 Å². The maximum absolute atomic E-state index is 13.4. The van der Waals surface area contributed by atoms with Gasteiger partial charge in [0.15, 0.2) is 12.6 Å². The molecule has 1 amide bonds. The Morgan fingerprint density at radius 1 is 0.389 bits per heavy atom. The number of allylic oxidation sites excluding steroid dienone is 13. The lowest BCUT2D eigenvalue weighted by Gasteiger charge is -2.46.